The molecule has 1 fully saturated rings. The highest BCUT2D eigenvalue weighted by Crippen LogP contribution is 2.28. The van der Waals surface area contributed by atoms with Gasteiger partial charge in [-0.2, -0.15) is 0 Å². The minimum Gasteiger partial charge on any atom is -0.444 e. The predicted molar refractivity (Wildman–Crippen MR) is 70.1 cm³/mol. The van der Waals surface area contributed by atoms with E-state index in [9.17, 15) is 9.59 Å². The number of amides is 1. The average Bonchev–Trinajstić information content (AvgIpc) is 2.29. The largest absolute Gasteiger partial charge is 0.444 e. The van der Waals surface area contributed by atoms with E-state index >= 15 is 0 Å². The van der Waals surface area contributed by atoms with E-state index in [0.717, 1.165) is 25.7 Å². The van der Waals surface area contributed by atoms with Crippen LogP contribution in [0.2, 0.25) is 0 Å². The molecule has 0 aromatic rings. The van der Waals surface area contributed by atoms with Gasteiger partial charge in [0.2, 0.25) is 6.29 Å². The van der Waals surface area contributed by atoms with Gasteiger partial charge < -0.3 is 9.64 Å². The number of carbonyl (C=O) groups excluding carboxylic acids is 2. The Balaban J connectivity index is 2.63. The lowest BCUT2D eigenvalue weighted by atomic mass is 9.84. The molecule has 0 heterocycles. The molecule has 0 spiro atoms. The topological polar surface area (TPSA) is 46.6 Å². The molecule has 1 amide bonds. The van der Waals surface area contributed by atoms with Crippen molar-refractivity contribution in [2.24, 2.45) is 5.92 Å². The molecule has 103 valence electrons. The highest BCUT2D eigenvalue weighted by molar-refractivity contribution is 5.73. The maximum Gasteiger partial charge on any atom is 0.410 e. The Bertz CT molecular complexity index is 290. The first-order valence-corrected chi connectivity index (χ1v) is 6.68. The molecule has 1 rings (SSSR count). The zero-order valence-electron chi connectivity index (χ0n) is 11.9. The van der Waals surface area contributed by atoms with Crippen LogP contribution in [0.4, 0.5) is 4.79 Å². The van der Waals surface area contributed by atoms with Gasteiger partial charge in [-0.3, -0.25) is 4.79 Å². The van der Waals surface area contributed by atoms with Crippen molar-refractivity contribution < 1.29 is 14.3 Å². The van der Waals surface area contributed by atoms with Gasteiger partial charge >= 0.3 is 6.09 Å². The van der Waals surface area contributed by atoms with Crippen LogP contribution in [0.1, 0.15) is 52.9 Å². The first-order valence-electron chi connectivity index (χ1n) is 6.68. The fourth-order valence-electron chi connectivity index (χ4n) is 2.39. The summed E-state index contributed by atoms with van der Waals surface area (Å²) in [5.41, 5.74) is -0.536. The number of likely N-dealkylation sites (N-methyl/N-ethyl adjacent to an activating group) is 1. The van der Waals surface area contributed by atoms with Crippen LogP contribution in [0.25, 0.3) is 0 Å². The molecule has 0 saturated heterocycles. The van der Waals surface area contributed by atoms with Crippen molar-refractivity contribution in [3.05, 3.63) is 0 Å². The predicted octanol–water partition coefficient (Wildman–Crippen LogP) is 2.91. The molecule has 0 bridgehead atoms. The van der Waals surface area contributed by atoms with Gasteiger partial charge in [0.1, 0.15) is 11.6 Å². The molecule has 0 aromatic heterocycles. The van der Waals surface area contributed by atoms with E-state index in [4.69, 9.17) is 4.74 Å². The van der Waals surface area contributed by atoms with E-state index in [1.807, 2.05) is 27.1 Å². The van der Waals surface area contributed by atoms with Crippen molar-refractivity contribution in [1.82, 2.24) is 4.90 Å². The zero-order chi connectivity index (χ0) is 13.8. The number of ether oxygens (including phenoxy) is 1. The molecule has 4 heteroatoms. The summed E-state index contributed by atoms with van der Waals surface area (Å²) in [4.78, 5) is 24.5. The molecule has 0 unspecified atom stereocenters. The van der Waals surface area contributed by atoms with E-state index in [1.165, 1.54) is 11.3 Å². The lowest BCUT2D eigenvalue weighted by Crippen LogP contribution is -2.45. The van der Waals surface area contributed by atoms with Crippen LogP contribution >= 0.6 is 0 Å². The molecule has 1 aliphatic carbocycles. The summed E-state index contributed by atoms with van der Waals surface area (Å²) in [6.45, 7) is 5.46. The van der Waals surface area contributed by atoms with Crippen LogP contribution in [0.5, 0.6) is 0 Å². The van der Waals surface area contributed by atoms with Crippen molar-refractivity contribution >= 4 is 12.4 Å². The zero-order valence-corrected chi connectivity index (χ0v) is 11.9. The molecule has 1 saturated carbocycles. The van der Waals surface area contributed by atoms with E-state index in [2.05, 4.69) is 0 Å². The quantitative estimate of drug-likeness (QED) is 0.778. The van der Waals surface area contributed by atoms with E-state index in [0.29, 0.717) is 0 Å². The molecule has 4 nitrogen and oxygen atoms in total. The first-order chi connectivity index (χ1) is 8.35. The second kappa shape index (κ2) is 6.21. The Labute approximate surface area is 110 Å². The smallest absolute Gasteiger partial charge is 0.410 e. The summed E-state index contributed by atoms with van der Waals surface area (Å²) in [5, 5.41) is 0. The molecule has 0 aromatic carbocycles. The van der Waals surface area contributed by atoms with Gasteiger partial charge in [-0.05, 0) is 39.5 Å². The molecule has 1 radical (unpaired) electrons. The number of hydrogen-bond acceptors (Lipinski definition) is 3. The second-order valence-electron chi connectivity index (χ2n) is 6.05. The van der Waals surface area contributed by atoms with E-state index in [-0.39, 0.29) is 5.92 Å². The Kier molecular flexibility index (Phi) is 5.17. The average molecular weight is 254 g/mol. The molecular weight excluding hydrogens is 230 g/mol. The van der Waals surface area contributed by atoms with Crippen LogP contribution in [0.3, 0.4) is 0 Å². The number of rotatable bonds is 3. The van der Waals surface area contributed by atoms with Gasteiger partial charge in [0, 0.05) is 7.05 Å². The lowest BCUT2D eigenvalue weighted by Gasteiger charge is -2.33. The standard InChI is InChI=1S/C14H24NO3/c1-14(2,3)18-13(17)15(4)12(10-16)11-8-6-5-7-9-11/h11-12H,5-9H2,1-4H3/t12-/m1/s1. The second-order valence-corrected chi connectivity index (χ2v) is 6.05. The fourth-order valence-corrected chi connectivity index (χ4v) is 2.39. The maximum absolute atomic E-state index is 11.9. The summed E-state index contributed by atoms with van der Waals surface area (Å²) in [7, 11) is 1.62. The summed E-state index contributed by atoms with van der Waals surface area (Å²) in [6, 6.07) is -0.472. The maximum atomic E-state index is 11.9. The Morgan fingerprint density at radius 3 is 2.28 bits per heavy atom. The lowest BCUT2D eigenvalue weighted by molar-refractivity contribution is 0.0210. The van der Waals surface area contributed by atoms with Gasteiger partial charge in [-0.25, -0.2) is 4.79 Å². The van der Waals surface area contributed by atoms with Gasteiger partial charge in [-0.1, -0.05) is 19.3 Å². The molecule has 0 aliphatic heterocycles. The highest BCUT2D eigenvalue weighted by atomic mass is 16.6. The van der Waals surface area contributed by atoms with Crippen LogP contribution in [-0.4, -0.2) is 36.0 Å². The SMILES string of the molecule is CN(C(=O)OC(C)(C)C)[C@H]([C]=O)C1CCCCC1. The Morgan fingerprint density at radius 2 is 1.83 bits per heavy atom. The number of carbonyl (C=O) groups is 1. The molecule has 18 heavy (non-hydrogen) atoms. The van der Waals surface area contributed by atoms with Crippen molar-refractivity contribution in [3.63, 3.8) is 0 Å². The van der Waals surface area contributed by atoms with E-state index < -0.39 is 17.7 Å². The van der Waals surface area contributed by atoms with Gasteiger partial charge in [0.25, 0.3) is 0 Å². The number of nitrogens with zero attached hydrogens (tertiary/aromatic N) is 1. The summed E-state index contributed by atoms with van der Waals surface area (Å²) in [6.07, 6.45) is 7.04. The van der Waals surface area contributed by atoms with Gasteiger partial charge in [0.05, 0.1) is 0 Å². The Morgan fingerprint density at radius 1 is 1.28 bits per heavy atom. The highest BCUT2D eigenvalue weighted by Gasteiger charge is 2.32. The first kappa shape index (κ1) is 15.0. The van der Waals surface area contributed by atoms with Crippen molar-refractivity contribution in [3.8, 4) is 0 Å². The summed E-state index contributed by atoms with van der Waals surface area (Å²) in [5.74, 6) is 0.230. The molecule has 1 atom stereocenters. The third kappa shape index (κ3) is 4.31. The van der Waals surface area contributed by atoms with E-state index in [1.54, 1.807) is 7.05 Å². The van der Waals surface area contributed by atoms with Crippen molar-refractivity contribution in [2.75, 3.05) is 7.05 Å². The van der Waals surface area contributed by atoms with Gasteiger partial charge in [-0.15, -0.1) is 0 Å². The van der Waals surface area contributed by atoms with Crippen LogP contribution in [0.15, 0.2) is 0 Å². The molecular formula is C14H24NO3. The molecule has 0 N–H and O–H groups in total. The number of hydrogen-bond donors (Lipinski definition) is 0. The summed E-state index contributed by atoms with van der Waals surface area (Å²) < 4.78 is 5.28. The fraction of sp³-hybridized carbons (Fsp3) is 0.857. The van der Waals surface area contributed by atoms with Crippen molar-refractivity contribution in [2.45, 2.75) is 64.5 Å². The van der Waals surface area contributed by atoms with Crippen molar-refractivity contribution in [1.29, 1.82) is 0 Å². The van der Waals surface area contributed by atoms with Crippen LogP contribution in [0, 0.1) is 5.92 Å². The monoisotopic (exact) mass is 254 g/mol. The normalized spacial score (nSPS) is 19.1. The van der Waals surface area contributed by atoms with Crippen LogP contribution < -0.4 is 0 Å². The van der Waals surface area contributed by atoms with Gasteiger partial charge in [0.15, 0.2) is 0 Å². The summed E-state index contributed by atoms with van der Waals surface area (Å²) >= 11 is 0. The minimum absolute atomic E-state index is 0.230. The third-order valence-corrected chi connectivity index (χ3v) is 3.32. The third-order valence-electron chi connectivity index (χ3n) is 3.32. The minimum atomic E-state index is -0.536. The van der Waals surface area contributed by atoms with Crippen LogP contribution in [-0.2, 0) is 9.53 Å². The molecule has 1 aliphatic rings. The Hall–Kier alpha value is -1.06.